The van der Waals surface area contributed by atoms with Crippen molar-refractivity contribution in [2.45, 2.75) is 13.8 Å². The molecule has 0 aliphatic carbocycles. The van der Waals surface area contributed by atoms with Gasteiger partial charge in [0.25, 0.3) is 0 Å². The molecule has 0 radical (unpaired) electrons. The molecule has 0 spiro atoms. The monoisotopic (exact) mass is 260 g/mol. The van der Waals surface area contributed by atoms with Gasteiger partial charge in [-0.1, -0.05) is 35.9 Å². The molecule has 0 atom stereocenters. The zero-order valence-corrected chi connectivity index (χ0v) is 11.0. The molecule has 2 aromatic carbocycles. The van der Waals surface area contributed by atoms with Crippen LogP contribution in [0, 0.1) is 13.8 Å². The molecular weight excluding hydrogens is 248 g/mol. The van der Waals surface area contributed by atoms with E-state index in [1.54, 1.807) is 12.1 Å². The van der Waals surface area contributed by atoms with Gasteiger partial charge < -0.3 is 5.11 Å². The molecule has 0 aliphatic rings. The van der Waals surface area contributed by atoms with Crippen LogP contribution >= 0.6 is 11.6 Å². The highest BCUT2D eigenvalue weighted by atomic mass is 35.5. The molecule has 2 aromatic rings. The third kappa shape index (κ3) is 2.39. The van der Waals surface area contributed by atoms with Crippen molar-refractivity contribution in [3.63, 3.8) is 0 Å². The fourth-order valence-corrected chi connectivity index (χ4v) is 2.03. The second-order valence-corrected chi connectivity index (χ2v) is 4.73. The van der Waals surface area contributed by atoms with Gasteiger partial charge in [0, 0.05) is 5.02 Å². The van der Waals surface area contributed by atoms with Crippen LogP contribution in [-0.4, -0.2) is 11.1 Å². The first-order chi connectivity index (χ1) is 8.49. The minimum Gasteiger partial charge on any atom is -0.478 e. The maximum Gasteiger partial charge on any atom is 0.336 e. The topological polar surface area (TPSA) is 37.3 Å². The van der Waals surface area contributed by atoms with Crippen LogP contribution in [-0.2, 0) is 0 Å². The van der Waals surface area contributed by atoms with Gasteiger partial charge in [0.15, 0.2) is 0 Å². The predicted molar refractivity (Wildman–Crippen MR) is 73.3 cm³/mol. The summed E-state index contributed by atoms with van der Waals surface area (Å²) >= 11 is 5.84. The van der Waals surface area contributed by atoms with Crippen LogP contribution < -0.4 is 0 Å². The lowest BCUT2D eigenvalue weighted by Gasteiger charge is -2.09. The Morgan fingerprint density at radius 2 is 1.78 bits per heavy atom. The fourth-order valence-electron chi connectivity index (χ4n) is 1.85. The van der Waals surface area contributed by atoms with E-state index in [0.717, 1.165) is 11.1 Å². The number of rotatable bonds is 2. The van der Waals surface area contributed by atoms with Crippen molar-refractivity contribution in [3.05, 3.63) is 58.1 Å². The summed E-state index contributed by atoms with van der Waals surface area (Å²) in [5, 5.41) is 9.65. The lowest BCUT2D eigenvalue weighted by molar-refractivity contribution is 0.0697. The van der Waals surface area contributed by atoms with Crippen molar-refractivity contribution in [1.29, 1.82) is 0 Å². The molecular formula is C15H13ClO2. The normalized spacial score (nSPS) is 10.4. The SMILES string of the molecule is Cc1ccc(-c2ccc(Cl)cc2C(=O)O)cc1C. The first kappa shape index (κ1) is 12.7. The smallest absolute Gasteiger partial charge is 0.336 e. The highest BCUT2D eigenvalue weighted by Crippen LogP contribution is 2.28. The number of benzene rings is 2. The molecule has 2 nitrogen and oxygen atoms in total. The van der Waals surface area contributed by atoms with Crippen molar-refractivity contribution < 1.29 is 9.90 Å². The Balaban J connectivity index is 2.63. The molecule has 0 saturated heterocycles. The summed E-state index contributed by atoms with van der Waals surface area (Å²) in [6.07, 6.45) is 0. The lowest BCUT2D eigenvalue weighted by Crippen LogP contribution is -1.99. The Hall–Kier alpha value is -1.80. The molecule has 0 bridgehead atoms. The molecule has 0 amide bonds. The van der Waals surface area contributed by atoms with Crippen LogP contribution in [0.1, 0.15) is 21.5 Å². The van der Waals surface area contributed by atoms with Crippen LogP contribution in [0.2, 0.25) is 5.02 Å². The number of carbonyl (C=O) groups is 1. The fraction of sp³-hybridized carbons (Fsp3) is 0.133. The van der Waals surface area contributed by atoms with Crippen molar-refractivity contribution in [1.82, 2.24) is 0 Å². The van der Waals surface area contributed by atoms with E-state index in [1.807, 2.05) is 32.0 Å². The molecule has 0 unspecified atom stereocenters. The summed E-state index contributed by atoms with van der Waals surface area (Å²) in [7, 11) is 0. The lowest BCUT2D eigenvalue weighted by atomic mass is 9.96. The molecule has 0 saturated carbocycles. The van der Waals surface area contributed by atoms with E-state index in [2.05, 4.69) is 0 Å². The van der Waals surface area contributed by atoms with Crippen molar-refractivity contribution in [2.75, 3.05) is 0 Å². The quantitative estimate of drug-likeness (QED) is 0.873. The van der Waals surface area contributed by atoms with Crippen LogP contribution in [0.25, 0.3) is 11.1 Å². The zero-order valence-electron chi connectivity index (χ0n) is 10.2. The summed E-state index contributed by atoms with van der Waals surface area (Å²) in [6.45, 7) is 4.04. The van der Waals surface area contributed by atoms with Gasteiger partial charge in [-0.3, -0.25) is 0 Å². The van der Waals surface area contributed by atoms with Gasteiger partial charge in [-0.15, -0.1) is 0 Å². The molecule has 2 rings (SSSR count). The minimum atomic E-state index is -0.967. The predicted octanol–water partition coefficient (Wildman–Crippen LogP) is 4.32. The zero-order chi connectivity index (χ0) is 13.3. The van der Waals surface area contributed by atoms with E-state index in [0.29, 0.717) is 10.6 Å². The second-order valence-electron chi connectivity index (χ2n) is 4.29. The van der Waals surface area contributed by atoms with Crippen LogP contribution in [0.15, 0.2) is 36.4 Å². The van der Waals surface area contributed by atoms with Crippen molar-refractivity contribution >= 4 is 17.6 Å². The molecule has 1 N–H and O–H groups in total. The van der Waals surface area contributed by atoms with E-state index >= 15 is 0 Å². The standard InChI is InChI=1S/C15H13ClO2/c1-9-3-4-11(7-10(9)2)13-6-5-12(16)8-14(13)15(17)18/h3-8H,1-2H3,(H,17,18). The van der Waals surface area contributed by atoms with Crippen LogP contribution in [0.5, 0.6) is 0 Å². The third-order valence-electron chi connectivity index (χ3n) is 3.03. The van der Waals surface area contributed by atoms with Crippen LogP contribution in [0.3, 0.4) is 0 Å². The van der Waals surface area contributed by atoms with Crippen LogP contribution in [0.4, 0.5) is 0 Å². The molecule has 0 heterocycles. The number of aromatic carboxylic acids is 1. The minimum absolute atomic E-state index is 0.228. The van der Waals surface area contributed by atoms with Gasteiger partial charge in [0.05, 0.1) is 5.56 Å². The van der Waals surface area contributed by atoms with Crippen molar-refractivity contribution in [3.8, 4) is 11.1 Å². The molecule has 0 aromatic heterocycles. The van der Waals surface area contributed by atoms with Gasteiger partial charge in [0.2, 0.25) is 0 Å². The second kappa shape index (κ2) is 4.83. The average Bonchev–Trinajstić information content (AvgIpc) is 2.32. The highest BCUT2D eigenvalue weighted by Gasteiger charge is 2.12. The maximum atomic E-state index is 11.2. The number of hydrogen-bond acceptors (Lipinski definition) is 1. The van der Waals surface area contributed by atoms with Gasteiger partial charge in [-0.2, -0.15) is 0 Å². The molecule has 92 valence electrons. The van der Waals surface area contributed by atoms with Gasteiger partial charge >= 0.3 is 5.97 Å². The van der Waals surface area contributed by atoms with E-state index in [9.17, 15) is 9.90 Å². The first-order valence-electron chi connectivity index (χ1n) is 5.59. The molecule has 3 heteroatoms. The number of aryl methyl sites for hydroxylation is 2. The molecule has 0 aliphatic heterocycles. The third-order valence-corrected chi connectivity index (χ3v) is 3.27. The number of carboxylic acids is 1. The summed E-state index contributed by atoms with van der Waals surface area (Å²) in [6, 6.07) is 10.8. The Morgan fingerprint density at radius 3 is 2.39 bits per heavy atom. The van der Waals surface area contributed by atoms with Gasteiger partial charge in [-0.25, -0.2) is 4.79 Å². The highest BCUT2D eigenvalue weighted by molar-refractivity contribution is 6.31. The maximum absolute atomic E-state index is 11.2. The molecule has 18 heavy (non-hydrogen) atoms. The Kier molecular flexibility index (Phi) is 3.39. The first-order valence-corrected chi connectivity index (χ1v) is 5.97. The Morgan fingerprint density at radius 1 is 1.06 bits per heavy atom. The van der Waals surface area contributed by atoms with Gasteiger partial charge in [-0.05, 0) is 48.2 Å². The van der Waals surface area contributed by atoms with E-state index in [1.165, 1.54) is 11.6 Å². The largest absolute Gasteiger partial charge is 0.478 e. The number of halogens is 1. The molecule has 0 fully saturated rings. The summed E-state index contributed by atoms with van der Waals surface area (Å²) in [5.41, 5.74) is 4.14. The average molecular weight is 261 g/mol. The van der Waals surface area contributed by atoms with E-state index in [4.69, 9.17) is 11.6 Å². The number of hydrogen-bond donors (Lipinski definition) is 1. The summed E-state index contributed by atoms with van der Waals surface area (Å²) in [4.78, 5) is 11.2. The Bertz CT molecular complexity index is 618. The van der Waals surface area contributed by atoms with E-state index < -0.39 is 5.97 Å². The van der Waals surface area contributed by atoms with Gasteiger partial charge in [0.1, 0.15) is 0 Å². The summed E-state index contributed by atoms with van der Waals surface area (Å²) in [5.74, 6) is -0.967. The van der Waals surface area contributed by atoms with Crippen molar-refractivity contribution in [2.24, 2.45) is 0 Å². The summed E-state index contributed by atoms with van der Waals surface area (Å²) < 4.78 is 0. The number of carboxylic acid groups (broad SMARTS) is 1. The van der Waals surface area contributed by atoms with E-state index in [-0.39, 0.29) is 5.56 Å². The Labute approximate surface area is 111 Å².